The standard InChI is InChI=1S/C36H50O6Si.C30H36O6/c1-35(2,3)43(7,8)42-30-17-13-27(14-18-30)11-9-10-12-33-32-22-21-31(41-26-38-6)23-34(32)39-24-36(33,4)28-15-19-29(20-16-28)40-25-37-5;1-30(23-10-14-25(15-11-23)35-20-32-2)19-34-29-18-26(36-21-33-3)16-17-27(29)28(30)7-5-4-6-22-8-12-24(31)13-9-22/h13-23,33H,9-12,24-26H2,1-8H3;8-18,28,31H,4-7,19-21H2,1-3H3/t33-,36-;28-,30-/m11/s1. The Morgan fingerprint density at radius 2 is 0.835 bits per heavy atom. The van der Waals surface area contributed by atoms with E-state index in [9.17, 15) is 5.11 Å². The van der Waals surface area contributed by atoms with Gasteiger partial charge in [-0.1, -0.05) is 108 Å². The van der Waals surface area contributed by atoms with Gasteiger partial charge in [-0.15, -0.1) is 0 Å². The fourth-order valence-corrected chi connectivity index (χ4v) is 11.5. The molecule has 426 valence electrons. The summed E-state index contributed by atoms with van der Waals surface area (Å²) in [5, 5.41) is 9.72. The van der Waals surface area contributed by atoms with Crippen LogP contribution in [-0.2, 0) is 42.6 Å². The number of fused-ring (bicyclic) bond motifs is 2. The maximum Gasteiger partial charge on any atom is 0.250 e. The molecule has 6 aromatic carbocycles. The number of aromatic hydroxyl groups is 1. The lowest BCUT2D eigenvalue weighted by atomic mass is 9.66. The first-order valence-corrected chi connectivity index (χ1v) is 30.7. The number of aryl methyl sites for hydroxylation is 2. The van der Waals surface area contributed by atoms with E-state index in [1.807, 2.05) is 60.7 Å². The molecule has 2 heterocycles. The zero-order valence-corrected chi connectivity index (χ0v) is 49.7. The van der Waals surface area contributed by atoms with Crippen molar-refractivity contribution in [1.82, 2.24) is 0 Å². The average Bonchev–Trinajstić information content (AvgIpc) is 3.59. The molecule has 0 radical (unpaired) electrons. The number of hydrogen-bond donors (Lipinski definition) is 1. The van der Waals surface area contributed by atoms with Gasteiger partial charge in [0.15, 0.2) is 27.2 Å². The third kappa shape index (κ3) is 16.0. The summed E-state index contributed by atoms with van der Waals surface area (Å²) in [5.41, 5.74) is 7.11. The van der Waals surface area contributed by atoms with Crippen LogP contribution in [-0.4, -0.2) is 82.2 Å². The predicted octanol–water partition coefficient (Wildman–Crippen LogP) is 15.1. The lowest BCUT2D eigenvalue weighted by Crippen LogP contribution is -2.43. The van der Waals surface area contributed by atoms with E-state index in [4.69, 9.17) is 51.8 Å². The molecule has 0 aliphatic carbocycles. The molecule has 0 saturated heterocycles. The summed E-state index contributed by atoms with van der Waals surface area (Å²) in [6.45, 7) is 18.1. The van der Waals surface area contributed by atoms with Gasteiger partial charge in [0, 0.05) is 63.2 Å². The van der Waals surface area contributed by atoms with Crippen LogP contribution < -0.4 is 32.8 Å². The Bertz CT molecular complexity index is 2780. The molecule has 2 aliphatic rings. The lowest BCUT2D eigenvalue weighted by Gasteiger charge is -2.43. The highest BCUT2D eigenvalue weighted by atomic mass is 28.4. The van der Waals surface area contributed by atoms with E-state index in [-0.39, 0.29) is 49.0 Å². The van der Waals surface area contributed by atoms with Crippen molar-refractivity contribution in [2.45, 2.75) is 127 Å². The minimum absolute atomic E-state index is 0.182. The van der Waals surface area contributed by atoms with Gasteiger partial charge in [-0.3, -0.25) is 0 Å². The van der Waals surface area contributed by atoms with Crippen LogP contribution >= 0.6 is 0 Å². The van der Waals surface area contributed by atoms with Crippen molar-refractivity contribution in [3.63, 3.8) is 0 Å². The minimum Gasteiger partial charge on any atom is -0.544 e. The van der Waals surface area contributed by atoms with Crippen LogP contribution in [0.25, 0.3) is 0 Å². The molecule has 0 saturated carbocycles. The molecule has 0 fully saturated rings. The maximum absolute atomic E-state index is 9.54. The highest BCUT2D eigenvalue weighted by Gasteiger charge is 2.44. The predicted molar refractivity (Wildman–Crippen MR) is 314 cm³/mol. The molecular formula is C66H86O12Si. The van der Waals surface area contributed by atoms with E-state index in [2.05, 4.69) is 108 Å². The average molecular weight is 1100 g/mol. The van der Waals surface area contributed by atoms with Gasteiger partial charge in [0.25, 0.3) is 0 Å². The van der Waals surface area contributed by atoms with Crippen molar-refractivity contribution in [2.75, 3.05) is 68.8 Å². The van der Waals surface area contributed by atoms with Crippen LogP contribution in [0.5, 0.6) is 46.0 Å². The first kappa shape index (κ1) is 60.4. The van der Waals surface area contributed by atoms with E-state index in [0.717, 1.165) is 91.6 Å². The first-order chi connectivity index (χ1) is 38.0. The normalized spacial score (nSPS) is 18.6. The van der Waals surface area contributed by atoms with Crippen LogP contribution in [0.2, 0.25) is 18.1 Å². The molecule has 12 nitrogen and oxygen atoms in total. The van der Waals surface area contributed by atoms with E-state index in [1.54, 1.807) is 40.6 Å². The molecule has 0 amide bonds. The molecule has 79 heavy (non-hydrogen) atoms. The van der Waals surface area contributed by atoms with Gasteiger partial charge in [0.1, 0.15) is 46.0 Å². The van der Waals surface area contributed by atoms with Crippen molar-refractivity contribution < 1.29 is 56.9 Å². The number of phenolic OH excluding ortho intramolecular Hbond substituents is 1. The first-order valence-electron chi connectivity index (χ1n) is 27.8. The number of ether oxygens (including phenoxy) is 10. The van der Waals surface area contributed by atoms with Crippen molar-refractivity contribution in [3.8, 4) is 46.0 Å². The Morgan fingerprint density at radius 3 is 1.22 bits per heavy atom. The molecule has 4 atom stereocenters. The van der Waals surface area contributed by atoms with Crippen LogP contribution in [0, 0.1) is 0 Å². The smallest absolute Gasteiger partial charge is 0.250 e. The zero-order chi connectivity index (χ0) is 56.5. The van der Waals surface area contributed by atoms with Gasteiger partial charge in [-0.2, -0.15) is 0 Å². The van der Waals surface area contributed by atoms with Gasteiger partial charge in [-0.25, -0.2) is 0 Å². The largest absolute Gasteiger partial charge is 0.544 e. The summed E-state index contributed by atoms with van der Waals surface area (Å²) >= 11 is 0. The number of rotatable bonds is 26. The van der Waals surface area contributed by atoms with Gasteiger partial charge in [0.05, 0.1) is 13.2 Å². The van der Waals surface area contributed by atoms with Gasteiger partial charge >= 0.3 is 0 Å². The van der Waals surface area contributed by atoms with E-state index in [1.165, 1.54) is 33.4 Å². The Balaban J connectivity index is 0.000000232. The SMILES string of the molecule is COCOc1ccc([C@@]2(C)COc3cc(OCOC)ccc3[C@H]2CCCCc2ccc(O)cc2)cc1.COCOc1ccc([C@@]2(C)COc3cc(OCOC)ccc3[C@H]2CCCCc2ccc(O[Si](C)(C)C(C)(C)C)cc2)cc1. The van der Waals surface area contributed by atoms with Crippen molar-refractivity contribution in [1.29, 1.82) is 0 Å². The number of methoxy groups -OCH3 is 4. The Kier molecular flexibility index (Phi) is 21.6. The fourth-order valence-electron chi connectivity index (χ4n) is 10.5. The second-order valence-corrected chi connectivity index (χ2v) is 27.6. The second-order valence-electron chi connectivity index (χ2n) is 22.8. The number of hydrogen-bond acceptors (Lipinski definition) is 12. The Hall–Kier alpha value is -6.22. The zero-order valence-electron chi connectivity index (χ0n) is 48.7. The van der Waals surface area contributed by atoms with Crippen LogP contribution in [0.1, 0.15) is 118 Å². The van der Waals surface area contributed by atoms with E-state index >= 15 is 0 Å². The number of phenols is 1. The Morgan fingerprint density at radius 1 is 0.481 bits per heavy atom. The van der Waals surface area contributed by atoms with Gasteiger partial charge in [0.2, 0.25) is 8.32 Å². The summed E-state index contributed by atoms with van der Waals surface area (Å²) in [7, 11) is 4.64. The van der Waals surface area contributed by atoms with Gasteiger partial charge in [-0.05, 0) is 151 Å². The molecular weight excluding hydrogens is 1010 g/mol. The Labute approximate surface area is 471 Å². The van der Waals surface area contributed by atoms with Crippen molar-refractivity contribution in [3.05, 3.63) is 167 Å². The third-order valence-electron chi connectivity index (χ3n) is 16.2. The summed E-state index contributed by atoms with van der Waals surface area (Å²) in [6.07, 6.45) is 8.50. The van der Waals surface area contributed by atoms with Crippen LogP contribution in [0.15, 0.2) is 133 Å². The van der Waals surface area contributed by atoms with Gasteiger partial charge < -0.3 is 56.9 Å². The molecule has 0 unspecified atom stereocenters. The summed E-state index contributed by atoms with van der Waals surface area (Å²) in [5.74, 6) is 6.71. The molecule has 1 N–H and O–H groups in total. The van der Waals surface area contributed by atoms with Crippen LogP contribution in [0.4, 0.5) is 0 Å². The monoisotopic (exact) mass is 1100 g/mol. The lowest BCUT2D eigenvalue weighted by molar-refractivity contribution is 0.0504. The highest BCUT2D eigenvalue weighted by molar-refractivity contribution is 6.74. The summed E-state index contributed by atoms with van der Waals surface area (Å²) in [6, 6.07) is 45.2. The molecule has 13 heteroatoms. The van der Waals surface area contributed by atoms with Crippen LogP contribution in [0.3, 0.4) is 0 Å². The maximum atomic E-state index is 9.54. The van der Waals surface area contributed by atoms with E-state index < -0.39 is 8.32 Å². The quantitative estimate of drug-likeness (QED) is 0.0316. The molecule has 0 spiro atoms. The second kappa shape index (κ2) is 28.3. The minimum atomic E-state index is -1.84. The molecule has 8 rings (SSSR count). The third-order valence-corrected chi connectivity index (χ3v) is 20.5. The van der Waals surface area contributed by atoms with Crippen molar-refractivity contribution in [2.24, 2.45) is 0 Å². The fraction of sp³-hybridized carbons (Fsp3) is 0.455. The summed E-state index contributed by atoms with van der Waals surface area (Å²) < 4.78 is 62.0. The summed E-state index contributed by atoms with van der Waals surface area (Å²) in [4.78, 5) is 0. The molecule has 0 aromatic heterocycles. The molecule has 2 aliphatic heterocycles. The topological polar surface area (TPSA) is 122 Å². The van der Waals surface area contributed by atoms with E-state index in [0.29, 0.717) is 24.9 Å². The van der Waals surface area contributed by atoms with Crippen molar-refractivity contribution >= 4 is 8.32 Å². The number of unbranched alkanes of at least 4 members (excludes halogenated alkanes) is 2. The highest BCUT2D eigenvalue weighted by Crippen LogP contribution is 2.52. The number of benzene rings is 6. The molecule has 0 bridgehead atoms. The molecule has 6 aromatic rings.